The summed E-state index contributed by atoms with van der Waals surface area (Å²) in [6.45, 7) is -0.00369. The first-order valence-electron chi connectivity index (χ1n) is 5.44. The third-order valence-electron chi connectivity index (χ3n) is 3.41. The molecule has 90 valence electrons. The molecule has 2 aromatic rings. The van der Waals surface area contributed by atoms with Crippen molar-refractivity contribution in [2.24, 2.45) is 5.92 Å². The molecule has 0 saturated heterocycles. The Morgan fingerprint density at radius 2 is 2.24 bits per heavy atom. The van der Waals surface area contributed by atoms with E-state index in [9.17, 15) is 5.11 Å². The highest BCUT2D eigenvalue weighted by molar-refractivity contribution is 5.81. The molecule has 17 heavy (non-hydrogen) atoms. The van der Waals surface area contributed by atoms with Gasteiger partial charge in [0, 0.05) is 12.5 Å². The van der Waals surface area contributed by atoms with Crippen molar-refractivity contribution in [3.8, 4) is 0 Å². The molecule has 3 rings (SSSR count). The number of anilines is 1. The highest BCUT2D eigenvalue weighted by atomic mass is 16.3. The van der Waals surface area contributed by atoms with E-state index < -0.39 is 6.10 Å². The zero-order valence-corrected chi connectivity index (χ0v) is 9.06. The van der Waals surface area contributed by atoms with Gasteiger partial charge in [-0.2, -0.15) is 0 Å². The number of hydrogen-bond donors (Lipinski definition) is 3. The second-order valence-corrected chi connectivity index (χ2v) is 4.32. The van der Waals surface area contributed by atoms with E-state index in [2.05, 4.69) is 15.0 Å². The average Bonchev–Trinajstić information content (AvgIpc) is 2.73. The number of fused-ring (bicyclic) bond motifs is 1. The average molecular weight is 235 g/mol. The van der Waals surface area contributed by atoms with Gasteiger partial charge in [-0.25, -0.2) is 15.0 Å². The second kappa shape index (κ2) is 3.64. The van der Waals surface area contributed by atoms with Crippen LogP contribution in [0, 0.1) is 5.92 Å². The predicted molar refractivity (Wildman–Crippen MR) is 60.0 cm³/mol. The number of aromatic nitrogens is 4. The largest absolute Gasteiger partial charge is 0.396 e. The van der Waals surface area contributed by atoms with Crippen LogP contribution in [0.25, 0.3) is 11.2 Å². The molecule has 2 aromatic heterocycles. The monoisotopic (exact) mass is 235 g/mol. The highest BCUT2D eigenvalue weighted by Crippen LogP contribution is 2.39. The lowest BCUT2D eigenvalue weighted by Crippen LogP contribution is -2.44. The van der Waals surface area contributed by atoms with E-state index in [-0.39, 0.29) is 18.6 Å². The number of hydrogen-bond acceptors (Lipinski definition) is 6. The molecule has 1 aliphatic carbocycles. The van der Waals surface area contributed by atoms with Gasteiger partial charge in [0.05, 0.1) is 18.5 Å². The topological polar surface area (TPSA) is 110 Å². The molecule has 1 fully saturated rings. The lowest BCUT2D eigenvalue weighted by molar-refractivity contribution is -0.0548. The summed E-state index contributed by atoms with van der Waals surface area (Å²) in [5, 5.41) is 18.9. The van der Waals surface area contributed by atoms with Crippen molar-refractivity contribution >= 4 is 17.0 Å². The fourth-order valence-corrected chi connectivity index (χ4v) is 2.32. The Labute approximate surface area is 96.9 Å². The molecule has 0 radical (unpaired) electrons. The molecule has 1 aliphatic rings. The molecule has 3 atom stereocenters. The Morgan fingerprint density at radius 3 is 2.94 bits per heavy atom. The van der Waals surface area contributed by atoms with E-state index in [1.807, 2.05) is 0 Å². The molecular formula is C10H13N5O2. The van der Waals surface area contributed by atoms with Gasteiger partial charge < -0.3 is 20.5 Å². The van der Waals surface area contributed by atoms with Crippen LogP contribution in [0.15, 0.2) is 12.7 Å². The molecule has 0 bridgehead atoms. The number of nitrogens with zero attached hydrogens (tertiary/aromatic N) is 4. The molecule has 2 heterocycles. The van der Waals surface area contributed by atoms with Gasteiger partial charge in [-0.05, 0) is 6.42 Å². The van der Waals surface area contributed by atoms with Gasteiger partial charge in [0.1, 0.15) is 11.8 Å². The van der Waals surface area contributed by atoms with Crippen molar-refractivity contribution in [2.75, 3.05) is 12.3 Å². The predicted octanol–water partition coefficient (Wildman–Crippen LogP) is -0.677. The van der Waals surface area contributed by atoms with Crippen molar-refractivity contribution in [1.29, 1.82) is 0 Å². The molecule has 7 nitrogen and oxygen atoms in total. The molecule has 0 spiro atoms. The zero-order valence-electron chi connectivity index (χ0n) is 9.06. The summed E-state index contributed by atoms with van der Waals surface area (Å²) >= 11 is 0. The summed E-state index contributed by atoms with van der Waals surface area (Å²) in [6, 6.07) is -0.106. The number of nitrogens with two attached hydrogens (primary N) is 1. The first kappa shape index (κ1) is 10.4. The van der Waals surface area contributed by atoms with Gasteiger partial charge in [-0.3, -0.25) is 0 Å². The van der Waals surface area contributed by atoms with Crippen LogP contribution in [0.4, 0.5) is 5.82 Å². The summed E-state index contributed by atoms with van der Waals surface area (Å²) < 4.78 is 1.79. The molecule has 0 aromatic carbocycles. The summed E-state index contributed by atoms with van der Waals surface area (Å²) in [6.07, 6.45) is 3.11. The zero-order chi connectivity index (χ0) is 12.0. The third kappa shape index (κ3) is 1.39. The Morgan fingerprint density at radius 1 is 1.41 bits per heavy atom. The van der Waals surface area contributed by atoms with E-state index in [1.165, 1.54) is 6.33 Å². The van der Waals surface area contributed by atoms with E-state index in [0.717, 1.165) is 0 Å². The van der Waals surface area contributed by atoms with Crippen molar-refractivity contribution < 1.29 is 10.2 Å². The molecule has 4 N–H and O–H groups in total. The van der Waals surface area contributed by atoms with E-state index >= 15 is 0 Å². The van der Waals surface area contributed by atoms with Gasteiger partial charge in [-0.15, -0.1) is 0 Å². The SMILES string of the molecule is Nc1ncnc2ncn([C@@H]3C[C@H](CO)[C@H]3O)c12. The minimum absolute atomic E-state index is 0.00369. The summed E-state index contributed by atoms with van der Waals surface area (Å²) in [4.78, 5) is 12.1. The van der Waals surface area contributed by atoms with Crippen molar-refractivity contribution in [3.05, 3.63) is 12.7 Å². The van der Waals surface area contributed by atoms with E-state index in [4.69, 9.17) is 10.8 Å². The van der Waals surface area contributed by atoms with Crippen LogP contribution in [-0.2, 0) is 0 Å². The third-order valence-corrected chi connectivity index (χ3v) is 3.41. The maximum Gasteiger partial charge on any atom is 0.182 e. The van der Waals surface area contributed by atoms with Gasteiger partial charge in [-0.1, -0.05) is 0 Å². The quantitative estimate of drug-likeness (QED) is 0.636. The molecule has 1 saturated carbocycles. The molecule has 7 heteroatoms. The summed E-state index contributed by atoms with van der Waals surface area (Å²) in [7, 11) is 0. The number of nitrogen functional groups attached to an aromatic ring is 1. The Hall–Kier alpha value is -1.73. The normalized spacial score (nSPS) is 28.2. The Bertz CT molecular complexity index is 555. The van der Waals surface area contributed by atoms with Crippen molar-refractivity contribution in [2.45, 2.75) is 18.6 Å². The van der Waals surface area contributed by atoms with Crippen molar-refractivity contribution in [1.82, 2.24) is 19.5 Å². The smallest absolute Gasteiger partial charge is 0.182 e. The summed E-state index contributed by atoms with van der Waals surface area (Å²) in [5.41, 5.74) is 6.96. The van der Waals surface area contributed by atoms with Gasteiger partial charge in [0.25, 0.3) is 0 Å². The minimum atomic E-state index is -0.572. The van der Waals surface area contributed by atoms with Crippen LogP contribution in [0.3, 0.4) is 0 Å². The summed E-state index contributed by atoms with van der Waals surface area (Å²) in [5.74, 6) is 0.287. The van der Waals surface area contributed by atoms with Crippen LogP contribution < -0.4 is 5.73 Å². The van der Waals surface area contributed by atoms with Gasteiger partial charge in [0.2, 0.25) is 0 Å². The van der Waals surface area contributed by atoms with Crippen LogP contribution >= 0.6 is 0 Å². The Kier molecular flexibility index (Phi) is 2.23. The molecule has 0 aliphatic heterocycles. The van der Waals surface area contributed by atoms with Crippen LogP contribution in [0.2, 0.25) is 0 Å². The number of imidazole rings is 1. The first-order valence-corrected chi connectivity index (χ1v) is 5.44. The Balaban J connectivity index is 2.02. The maximum atomic E-state index is 9.90. The fraction of sp³-hybridized carbons (Fsp3) is 0.500. The van der Waals surface area contributed by atoms with Gasteiger partial charge in [0.15, 0.2) is 11.5 Å². The second-order valence-electron chi connectivity index (χ2n) is 4.32. The lowest BCUT2D eigenvalue weighted by Gasteiger charge is -2.41. The minimum Gasteiger partial charge on any atom is -0.396 e. The standard InChI is InChI=1S/C10H13N5O2/c11-9-7-10(13-3-12-9)14-4-15(7)6-1-5(2-16)8(6)17/h3-6,8,16-17H,1-2H2,(H2,11,12,13)/t5-,6-,8-/m1/s1. The molecule has 0 amide bonds. The van der Waals surface area contributed by atoms with Gasteiger partial charge >= 0.3 is 0 Å². The lowest BCUT2D eigenvalue weighted by atomic mass is 9.77. The fourth-order valence-electron chi connectivity index (χ4n) is 2.32. The van der Waals surface area contributed by atoms with Crippen LogP contribution in [0.5, 0.6) is 0 Å². The number of aliphatic hydroxyl groups excluding tert-OH is 2. The van der Waals surface area contributed by atoms with Crippen LogP contribution in [-0.4, -0.2) is 42.4 Å². The van der Waals surface area contributed by atoms with E-state index in [1.54, 1.807) is 10.9 Å². The maximum absolute atomic E-state index is 9.90. The van der Waals surface area contributed by atoms with Crippen molar-refractivity contribution in [3.63, 3.8) is 0 Å². The van der Waals surface area contributed by atoms with E-state index in [0.29, 0.717) is 23.4 Å². The highest BCUT2D eigenvalue weighted by Gasteiger charge is 2.41. The number of rotatable bonds is 2. The van der Waals surface area contributed by atoms with Crippen LogP contribution in [0.1, 0.15) is 12.5 Å². The first-order chi connectivity index (χ1) is 8.22. The molecular weight excluding hydrogens is 222 g/mol. The molecule has 0 unspecified atom stereocenters. The number of aliphatic hydroxyl groups is 2.